The highest BCUT2D eigenvalue weighted by Gasteiger charge is 2.24. The van der Waals surface area contributed by atoms with E-state index >= 15 is 0 Å². The quantitative estimate of drug-likeness (QED) is 0.586. The number of carbonyl (C=O) groups is 1. The molecule has 8 heteroatoms. The van der Waals surface area contributed by atoms with Crippen LogP contribution in [0.5, 0.6) is 0 Å². The first kappa shape index (κ1) is 22.6. The highest BCUT2D eigenvalue weighted by molar-refractivity contribution is 6.06. The molecule has 2 aromatic rings. The number of nitrogen functional groups attached to an aromatic ring is 1. The van der Waals surface area contributed by atoms with Crippen molar-refractivity contribution in [2.45, 2.75) is 44.6 Å². The summed E-state index contributed by atoms with van der Waals surface area (Å²) in [7, 11) is 0. The van der Waals surface area contributed by atoms with Crippen LogP contribution in [0.25, 0.3) is 5.57 Å². The Kier molecular flexibility index (Phi) is 7.46. The number of hydrogen-bond acceptors (Lipinski definition) is 5. The van der Waals surface area contributed by atoms with Crippen molar-refractivity contribution in [1.82, 2.24) is 9.97 Å². The molecule has 0 spiro atoms. The number of halogens is 2. The van der Waals surface area contributed by atoms with Crippen molar-refractivity contribution < 1.29 is 18.7 Å². The molecule has 2 heterocycles. The van der Waals surface area contributed by atoms with Gasteiger partial charge in [0.15, 0.2) is 5.69 Å². The van der Waals surface area contributed by atoms with Gasteiger partial charge in [-0.15, -0.1) is 0 Å². The number of nitrogens with zero attached hydrogens (tertiary/aromatic N) is 2. The van der Waals surface area contributed by atoms with E-state index in [2.05, 4.69) is 15.3 Å². The molecule has 4 N–H and O–H groups in total. The molecule has 0 aliphatic heterocycles. The van der Waals surface area contributed by atoms with Crippen LogP contribution in [0.1, 0.15) is 60.3 Å². The van der Waals surface area contributed by atoms with Gasteiger partial charge in [0.1, 0.15) is 12.5 Å². The van der Waals surface area contributed by atoms with E-state index in [0.717, 1.165) is 24.5 Å². The second-order valence-electron chi connectivity index (χ2n) is 7.52. The molecule has 164 valence electrons. The number of aliphatic hydroxyl groups is 1. The summed E-state index contributed by atoms with van der Waals surface area (Å²) in [6.45, 7) is 0.539. The van der Waals surface area contributed by atoms with Crippen molar-refractivity contribution >= 4 is 22.9 Å². The van der Waals surface area contributed by atoms with Gasteiger partial charge in [-0.1, -0.05) is 6.08 Å². The summed E-state index contributed by atoms with van der Waals surface area (Å²) in [6, 6.07) is 4.64. The molecule has 2 aromatic heterocycles. The van der Waals surface area contributed by atoms with Crippen molar-refractivity contribution in [3.05, 3.63) is 65.5 Å². The van der Waals surface area contributed by atoms with Gasteiger partial charge in [-0.2, -0.15) is 0 Å². The first-order valence-corrected chi connectivity index (χ1v) is 10.2. The summed E-state index contributed by atoms with van der Waals surface area (Å²) in [6.07, 6.45) is 8.52. The van der Waals surface area contributed by atoms with Gasteiger partial charge in [-0.25, -0.2) is 13.8 Å². The van der Waals surface area contributed by atoms with Crippen LogP contribution in [0.4, 0.5) is 20.2 Å². The Labute approximate surface area is 179 Å². The number of aliphatic hydroxyl groups excluding tert-OH is 1. The van der Waals surface area contributed by atoms with Crippen molar-refractivity contribution in [2.24, 2.45) is 0 Å². The van der Waals surface area contributed by atoms with Crippen LogP contribution in [0.2, 0.25) is 0 Å². The fourth-order valence-corrected chi connectivity index (χ4v) is 3.76. The Morgan fingerprint density at radius 1 is 1.29 bits per heavy atom. The molecule has 0 unspecified atom stereocenters. The summed E-state index contributed by atoms with van der Waals surface area (Å²) >= 11 is 0. The predicted molar refractivity (Wildman–Crippen MR) is 117 cm³/mol. The molecule has 1 fully saturated rings. The van der Waals surface area contributed by atoms with E-state index in [9.17, 15) is 18.7 Å². The summed E-state index contributed by atoms with van der Waals surface area (Å²) in [5.74, 6) is -1.16. The number of carbonyl (C=O) groups excluding carboxylic acids is 1. The van der Waals surface area contributed by atoms with Crippen LogP contribution in [-0.4, -0.2) is 33.8 Å². The number of nitrogens with one attached hydrogen (secondary N) is 1. The van der Waals surface area contributed by atoms with E-state index in [1.807, 2.05) is 6.07 Å². The molecule has 1 saturated carbocycles. The normalized spacial score (nSPS) is 19.9. The van der Waals surface area contributed by atoms with E-state index in [1.165, 1.54) is 18.2 Å². The van der Waals surface area contributed by atoms with Gasteiger partial charge in [0.05, 0.1) is 29.4 Å². The summed E-state index contributed by atoms with van der Waals surface area (Å²) in [5.41, 5.74) is 7.11. The molecule has 0 saturated heterocycles. The molecule has 1 aliphatic rings. The van der Waals surface area contributed by atoms with E-state index in [-0.39, 0.29) is 34.7 Å². The molecule has 1 amide bonds. The molecular weight excluding hydrogens is 402 g/mol. The first-order valence-electron chi connectivity index (χ1n) is 10.2. The molecule has 1 aliphatic carbocycles. The van der Waals surface area contributed by atoms with Gasteiger partial charge in [-0.05, 0) is 68.4 Å². The Hall–Kier alpha value is -3.13. The minimum atomic E-state index is -1.07. The molecule has 0 bridgehead atoms. The fraction of sp³-hybridized carbons (Fsp3) is 0.348. The molecular formula is C23H26F2N4O2. The molecule has 0 atom stereocenters. The molecule has 0 radical (unpaired) electrons. The lowest BCUT2D eigenvalue weighted by molar-refractivity contribution is 0.102. The van der Waals surface area contributed by atoms with Crippen LogP contribution in [0.15, 0.2) is 48.6 Å². The number of aromatic nitrogens is 2. The second-order valence-corrected chi connectivity index (χ2v) is 7.52. The maximum atomic E-state index is 14.2. The fourth-order valence-electron chi connectivity index (χ4n) is 3.76. The molecule has 31 heavy (non-hydrogen) atoms. The van der Waals surface area contributed by atoms with Crippen LogP contribution in [-0.2, 0) is 0 Å². The van der Waals surface area contributed by atoms with Crippen molar-refractivity contribution in [1.29, 1.82) is 0 Å². The number of alkyl halides is 1. The lowest BCUT2D eigenvalue weighted by Gasteiger charge is -2.27. The largest absolute Gasteiger partial charge is 0.397 e. The van der Waals surface area contributed by atoms with Crippen LogP contribution in [0, 0.1) is 0 Å². The minimum absolute atomic E-state index is 0.00475. The maximum absolute atomic E-state index is 14.2. The average Bonchev–Trinajstić information content (AvgIpc) is 2.76. The van der Waals surface area contributed by atoms with Crippen molar-refractivity contribution in [3.8, 4) is 0 Å². The van der Waals surface area contributed by atoms with E-state index in [0.29, 0.717) is 18.5 Å². The van der Waals surface area contributed by atoms with Gasteiger partial charge in [0.25, 0.3) is 5.91 Å². The summed E-state index contributed by atoms with van der Waals surface area (Å²) in [5, 5.41) is 12.6. The van der Waals surface area contributed by atoms with Gasteiger partial charge in [0, 0.05) is 11.8 Å². The Bertz CT molecular complexity index is 999. The van der Waals surface area contributed by atoms with Crippen molar-refractivity contribution in [3.63, 3.8) is 0 Å². The van der Waals surface area contributed by atoms with Gasteiger partial charge >= 0.3 is 0 Å². The number of amides is 1. The van der Waals surface area contributed by atoms with Crippen LogP contribution < -0.4 is 11.1 Å². The Balaban J connectivity index is 1.89. The van der Waals surface area contributed by atoms with Gasteiger partial charge in [0.2, 0.25) is 0 Å². The number of anilines is 2. The Morgan fingerprint density at radius 2 is 2.03 bits per heavy atom. The molecule has 6 nitrogen and oxygen atoms in total. The number of allylic oxidation sites excluding steroid dienone is 4. The summed E-state index contributed by atoms with van der Waals surface area (Å²) < 4.78 is 27.6. The van der Waals surface area contributed by atoms with Crippen LogP contribution >= 0.6 is 0 Å². The van der Waals surface area contributed by atoms with E-state index in [4.69, 9.17) is 5.73 Å². The third-order valence-electron chi connectivity index (χ3n) is 5.43. The third-order valence-corrected chi connectivity index (χ3v) is 5.43. The highest BCUT2D eigenvalue weighted by atomic mass is 19.1. The summed E-state index contributed by atoms with van der Waals surface area (Å²) in [4.78, 5) is 21.2. The SMILES string of the molecule is C/C=C\C(F)=C(/CF)c1ccc(N)c(C(=O)Nc2cnccc2C2CCC(O)CC2)n1. The zero-order chi connectivity index (χ0) is 22.4. The monoisotopic (exact) mass is 428 g/mol. The van der Waals surface area contributed by atoms with E-state index < -0.39 is 18.4 Å². The van der Waals surface area contributed by atoms with Gasteiger partial charge in [-0.3, -0.25) is 9.78 Å². The number of hydrogen-bond donors (Lipinski definition) is 3. The van der Waals surface area contributed by atoms with Gasteiger partial charge < -0.3 is 16.2 Å². The lowest BCUT2D eigenvalue weighted by Crippen LogP contribution is -2.21. The highest BCUT2D eigenvalue weighted by Crippen LogP contribution is 2.36. The lowest BCUT2D eigenvalue weighted by atomic mass is 9.82. The topological polar surface area (TPSA) is 101 Å². The minimum Gasteiger partial charge on any atom is -0.397 e. The standard InChI is InChI=1S/C23H26F2N4O2/c1-2-3-18(25)17(12-24)20-9-8-19(26)22(28-20)23(31)29-21-13-27-11-10-16(21)14-4-6-15(30)7-5-14/h2-3,8-11,13-15,30H,4-7,12,26H2,1H3,(H,29,31)/b3-2-,18-17-. The second kappa shape index (κ2) is 10.3. The molecule has 0 aromatic carbocycles. The first-order chi connectivity index (χ1) is 14.9. The molecule has 3 rings (SSSR count). The third kappa shape index (κ3) is 5.32. The number of nitrogens with two attached hydrogens (primary N) is 1. The van der Waals surface area contributed by atoms with E-state index in [1.54, 1.807) is 19.3 Å². The maximum Gasteiger partial charge on any atom is 0.276 e. The predicted octanol–water partition coefficient (Wildman–Crippen LogP) is 4.56. The average molecular weight is 428 g/mol. The number of rotatable bonds is 6. The smallest absolute Gasteiger partial charge is 0.276 e. The zero-order valence-corrected chi connectivity index (χ0v) is 17.3. The van der Waals surface area contributed by atoms with Crippen molar-refractivity contribution in [2.75, 3.05) is 17.7 Å². The zero-order valence-electron chi connectivity index (χ0n) is 17.3. The van der Waals surface area contributed by atoms with Crippen LogP contribution in [0.3, 0.4) is 0 Å². The number of pyridine rings is 2. The Morgan fingerprint density at radius 3 is 2.71 bits per heavy atom.